The highest BCUT2D eigenvalue weighted by molar-refractivity contribution is 6.00. The van der Waals surface area contributed by atoms with Crippen LogP contribution in [-0.4, -0.2) is 19.9 Å². The Balaban J connectivity index is 1.23. The van der Waals surface area contributed by atoms with Crippen molar-refractivity contribution in [1.82, 2.24) is 19.9 Å². The van der Waals surface area contributed by atoms with Crippen LogP contribution in [0.2, 0.25) is 0 Å². The predicted molar refractivity (Wildman–Crippen MR) is 188 cm³/mol. The lowest BCUT2D eigenvalue weighted by molar-refractivity contribution is 0.794. The second-order valence-electron chi connectivity index (χ2n) is 12.2. The van der Waals surface area contributed by atoms with E-state index in [1.165, 1.54) is 44.5 Å². The average Bonchev–Trinajstić information content (AvgIpc) is 3.62. The molecule has 5 aromatic carbocycles. The Morgan fingerprint density at radius 1 is 0.426 bits per heavy atom. The molecule has 8 aromatic rings. The number of aromatic nitrogens is 4. The summed E-state index contributed by atoms with van der Waals surface area (Å²) in [6.07, 6.45) is 3.69. The Morgan fingerprint density at radius 2 is 1.04 bits per heavy atom. The second-order valence-corrected chi connectivity index (χ2v) is 12.2. The molecule has 47 heavy (non-hydrogen) atoms. The number of rotatable bonds is 3. The average molecular weight is 599 g/mol. The highest BCUT2D eigenvalue weighted by Gasteiger charge is 2.52. The van der Waals surface area contributed by atoms with Gasteiger partial charge in [0.25, 0.3) is 0 Å². The van der Waals surface area contributed by atoms with E-state index in [0.717, 1.165) is 39.1 Å². The predicted octanol–water partition coefficient (Wildman–Crippen LogP) is 9.76. The molecule has 0 radical (unpaired) electrons. The van der Waals surface area contributed by atoms with Crippen LogP contribution in [0.5, 0.6) is 0 Å². The summed E-state index contributed by atoms with van der Waals surface area (Å²) in [6.45, 7) is 0. The fourth-order valence-electron chi connectivity index (χ4n) is 7.95. The topological polar surface area (TPSA) is 51.6 Å². The second kappa shape index (κ2) is 9.87. The molecule has 0 aliphatic heterocycles. The number of nitrogens with zero attached hydrogens (tertiary/aromatic N) is 4. The molecule has 10 rings (SSSR count). The molecule has 0 N–H and O–H groups in total. The van der Waals surface area contributed by atoms with Gasteiger partial charge in [0, 0.05) is 28.9 Å². The minimum absolute atomic E-state index is 0.417. The third-order valence-electron chi connectivity index (χ3n) is 9.83. The first-order valence-corrected chi connectivity index (χ1v) is 15.9. The van der Waals surface area contributed by atoms with Crippen molar-refractivity contribution in [2.24, 2.45) is 0 Å². The third kappa shape index (κ3) is 3.58. The summed E-state index contributed by atoms with van der Waals surface area (Å²) in [4.78, 5) is 19.8. The largest absolute Gasteiger partial charge is 0.255 e. The Kier molecular flexibility index (Phi) is 5.46. The molecule has 4 heteroatoms. The van der Waals surface area contributed by atoms with E-state index in [1.54, 1.807) is 6.20 Å². The van der Waals surface area contributed by atoms with Crippen LogP contribution in [0.3, 0.4) is 0 Å². The van der Waals surface area contributed by atoms with Crippen LogP contribution in [0.4, 0.5) is 0 Å². The van der Waals surface area contributed by atoms with Gasteiger partial charge in [-0.3, -0.25) is 9.97 Å². The molecule has 0 bridgehead atoms. The van der Waals surface area contributed by atoms with Crippen LogP contribution < -0.4 is 0 Å². The van der Waals surface area contributed by atoms with Crippen molar-refractivity contribution in [3.05, 3.63) is 180 Å². The first kappa shape index (κ1) is 26.0. The van der Waals surface area contributed by atoms with E-state index >= 15 is 0 Å². The molecular formula is C43H26N4. The van der Waals surface area contributed by atoms with Crippen molar-refractivity contribution < 1.29 is 0 Å². The van der Waals surface area contributed by atoms with Gasteiger partial charge >= 0.3 is 0 Å². The molecular weight excluding hydrogens is 573 g/mol. The van der Waals surface area contributed by atoms with Gasteiger partial charge in [0.1, 0.15) is 0 Å². The SMILES string of the molecule is c1ccc(-c2ccc(-c3nc(-c4cccc5c4-c4ccccc4C54c5ccccc5-c5ccccc54)nc4ccccc34)cn2)nc1. The van der Waals surface area contributed by atoms with Crippen LogP contribution in [-0.2, 0) is 5.41 Å². The summed E-state index contributed by atoms with van der Waals surface area (Å²) in [5.41, 5.74) is 15.2. The van der Waals surface area contributed by atoms with E-state index in [4.69, 9.17) is 15.0 Å². The maximum Gasteiger partial charge on any atom is 0.161 e. The molecule has 0 fully saturated rings. The summed E-state index contributed by atoms with van der Waals surface area (Å²) in [5.74, 6) is 0.704. The van der Waals surface area contributed by atoms with Gasteiger partial charge in [0.05, 0.1) is 28.0 Å². The molecule has 3 aromatic heterocycles. The normalized spacial score (nSPS) is 13.3. The molecule has 0 atom stereocenters. The number of pyridine rings is 2. The number of fused-ring (bicyclic) bond motifs is 11. The van der Waals surface area contributed by atoms with Gasteiger partial charge < -0.3 is 0 Å². The minimum Gasteiger partial charge on any atom is -0.255 e. The van der Waals surface area contributed by atoms with Crippen LogP contribution >= 0.6 is 0 Å². The summed E-state index contributed by atoms with van der Waals surface area (Å²) in [6, 6.07) is 51.5. The Bertz CT molecular complexity index is 2470. The number of hydrogen-bond acceptors (Lipinski definition) is 4. The van der Waals surface area contributed by atoms with Crippen molar-refractivity contribution in [1.29, 1.82) is 0 Å². The van der Waals surface area contributed by atoms with Crippen LogP contribution in [0.15, 0.2) is 158 Å². The molecule has 218 valence electrons. The van der Waals surface area contributed by atoms with E-state index in [1.807, 2.05) is 42.6 Å². The zero-order valence-electron chi connectivity index (χ0n) is 25.3. The van der Waals surface area contributed by atoms with E-state index in [0.29, 0.717) is 5.82 Å². The summed E-state index contributed by atoms with van der Waals surface area (Å²) in [7, 11) is 0. The number of para-hydroxylation sites is 1. The molecule has 4 nitrogen and oxygen atoms in total. The zero-order valence-corrected chi connectivity index (χ0v) is 25.3. The standard InChI is InChI=1S/C43H26N4/c1-5-17-33-28(12-1)29-13-2-6-18-34(29)43(33)35-19-7-3-14-30(35)40-32(16-11-20-36(40)43)42-46-37-21-8-4-15-31(37)41(47-42)27-23-24-39(45-26-27)38-22-9-10-25-44-38/h1-26H. The fraction of sp³-hybridized carbons (Fsp3) is 0.0233. The number of benzene rings is 5. The van der Waals surface area contributed by atoms with Gasteiger partial charge in [-0.15, -0.1) is 0 Å². The van der Waals surface area contributed by atoms with Crippen molar-refractivity contribution >= 4 is 10.9 Å². The smallest absolute Gasteiger partial charge is 0.161 e. The van der Waals surface area contributed by atoms with E-state index in [2.05, 4.69) is 114 Å². The highest BCUT2D eigenvalue weighted by atomic mass is 14.9. The summed E-state index contributed by atoms with van der Waals surface area (Å²) >= 11 is 0. The van der Waals surface area contributed by atoms with E-state index < -0.39 is 5.41 Å². The fourth-order valence-corrected chi connectivity index (χ4v) is 7.95. The van der Waals surface area contributed by atoms with Crippen molar-refractivity contribution in [2.75, 3.05) is 0 Å². The summed E-state index contributed by atoms with van der Waals surface area (Å²) in [5, 5.41) is 0.992. The highest BCUT2D eigenvalue weighted by Crippen LogP contribution is 2.63. The monoisotopic (exact) mass is 598 g/mol. The van der Waals surface area contributed by atoms with Gasteiger partial charge in [0.15, 0.2) is 5.82 Å². The van der Waals surface area contributed by atoms with Crippen LogP contribution in [0, 0.1) is 0 Å². The molecule has 0 saturated carbocycles. The van der Waals surface area contributed by atoms with Gasteiger partial charge in [-0.05, 0) is 74.8 Å². The Hall–Kier alpha value is -6.26. The zero-order chi connectivity index (χ0) is 31.0. The summed E-state index contributed by atoms with van der Waals surface area (Å²) < 4.78 is 0. The van der Waals surface area contributed by atoms with Gasteiger partial charge in [0.2, 0.25) is 0 Å². The van der Waals surface area contributed by atoms with Crippen molar-refractivity contribution in [3.63, 3.8) is 0 Å². The van der Waals surface area contributed by atoms with Gasteiger partial charge in [-0.2, -0.15) is 0 Å². The molecule has 1 spiro atoms. The third-order valence-corrected chi connectivity index (χ3v) is 9.83. The minimum atomic E-state index is -0.417. The Morgan fingerprint density at radius 3 is 1.77 bits per heavy atom. The van der Waals surface area contributed by atoms with E-state index in [9.17, 15) is 0 Å². The lowest BCUT2D eigenvalue weighted by Gasteiger charge is -2.30. The maximum absolute atomic E-state index is 5.33. The first-order chi connectivity index (χ1) is 23.3. The lowest BCUT2D eigenvalue weighted by Crippen LogP contribution is -2.25. The van der Waals surface area contributed by atoms with Crippen LogP contribution in [0.25, 0.3) is 67.2 Å². The van der Waals surface area contributed by atoms with Gasteiger partial charge in [-0.25, -0.2) is 9.97 Å². The molecule has 2 aliphatic rings. The molecule has 0 amide bonds. The molecule has 2 aliphatic carbocycles. The molecule has 0 unspecified atom stereocenters. The first-order valence-electron chi connectivity index (χ1n) is 15.9. The molecule has 3 heterocycles. The molecule has 0 saturated heterocycles. The lowest BCUT2D eigenvalue weighted by atomic mass is 9.70. The van der Waals surface area contributed by atoms with Crippen molar-refractivity contribution in [2.45, 2.75) is 5.41 Å². The van der Waals surface area contributed by atoms with Gasteiger partial charge in [-0.1, -0.05) is 115 Å². The quantitative estimate of drug-likeness (QED) is 0.203. The van der Waals surface area contributed by atoms with E-state index in [-0.39, 0.29) is 0 Å². The van der Waals surface area contributed by atoms with Crippen LogP contribution in [0.1, 0.15) is 22.3 Å². The van der Waals surface area contributed by atoms with Crippen molar-refractivity contribution in [3.8, 4) is 56.3 Å². The number of hydrogen-bond donors (Lipinski definition) is 0. The Labute approximate surface area is 272 Å². The maximum atomic E-state index is 5.33.